The van der Waals surface area contributed by atoms with Gasteiger partial charge in [0.05, 0.1) is 30.8 Å². The molecule has 2 aromatic rings. The summed E-state index contributed by atoms with van der Waals surface area (Å²) in [6.45, 7) is 6.46. The van der Waals surface area contributed by atoms with Gasteiger partial charge in [-0.15, -0.1) is 0 Å². The molecule has 26 heavy (non-hydrogen) atoms. The maximum Gasteiger partial charge on any atom is 0.224 e. The maximum absolute atomic E-state index is 12.1. The number of hydrogen-bond acceptors (Lipinski definition) is 4. The van der Waals surface area contributed by atoms with Gasteiger partial charge in [0.2, 0.25) is 5.91 Å². The number of amides is 1. The minimum atomic E-state index is 0.0916. The molecule has 0 bridgehead atoms. The molecular weight excluding hydrogens is 328 g/mol. The first-order valence-corrected chi connectivity index (χ1v) is 9.83. The fourth-order valence-electron chi connectivity index (χ4n) is 3.30. The summed E-state index contributed by atoms with van der Waals surface area (Å²) in [7, 11) is 0. The summed E-state index contributed by atoms with van der Waals surface area (Å²) in [5, 5.41) is 3.00. The molecule has 1 amide bonds. The first kappa shape index (κ1) is 18.9. The average Bonchev–Trinajstić information content (AvgIpc) is 3.04. The minimum Gasteiger partial charge on any atom is -0.379 e. The van der Waals surface area contributed by atoms with Crippen LogP contribution in [0, 0.1) is 0 Å². The van der Waals surface area contributed by atoms with E-state index < -0.39 is 0 Å². The average molecular weight is 358 g/mol. The molecule has 6 heteroatoms. The summed E-state index contributed by atoms with van der Waals surface area (Å²) in [6.07, 6.45) is 6.38. The van der Waals surface area contributed by atoms with Crippen molar-refractivity contribution in [1.82, 2.24) is 14.9 Å². The number of ether oxygens (including phenoxy) is 1. The molecule has 1 aliphatic heterocycles. The van der Waals surface area contributed by atoms with Crippen molar-refractivity contribution in [2.45, 2.75) is 52.0 Å². The molecule has 1 aromatic carbocycles. The Balaban J connectivity index is 1.52. The third kappa shape index (κ3) is 5.54. The first-order valence-electron chi connectivity index (χ1n) is 9.83. The SMILES string of the molecule is CCCCCCCC(=O)Nc1ccc2nc(CN3CCOCC3)[nH]c2c1. The van der Waals surface area contributed by atoms with Crippen LogP contribution in [-0.4, -0.2) is 47.1 Å². The number of carbonyl (C=O) groups excluding carboxylic acids is 1. The zero-order valence-electron chi connectivity index (χ0n) is 15.7. The number of benzene rings is 1. The molecule has 0 aliphatic carbocycles. The Morgan fingerprint density at radius 3 is 2.85 bits per heavy atom. The van der Waals surface area contributed by atoms with Gasteiger partial charge in [0.1, 0.15) is 5.82 Å². The third-order valence-corrected chi connectivity index (χ3v) is 4.80. The Bertz CT molecular complexity index is 707. The van der Waals surface area contributed by atoms with E-state index in [1.54, 1.807) is 0 Å². The van der Waals surface area contributed by atoms with Crippen LogP contribution in [0.5, 0.6) is 0 Å². The van der Waals surface area contributed by atoms with Crippen LogP contribution in [0.4, 0.5) is 5.69 Å². The number of morpholine rings is 1. The lowest BCUT2D eigenvalue weighted by molar-refractivity contribution is -0.116. The van der Waals surface area contributed by atoms with E-state index in [1.165, 1.54) is 19.3 Å². The molecule has 1 saturated heterocycles. The number of fused-ring (bicyclic) bond motifs is 1. The molecule has 1 aromatic heterocycles. The number of nitrogens with one attached hydrogen (secondary N) is 2. The highest BCUT2D eigenvalue weighted by molar-refractivity contribution is 5.93. The van der Waals surface area contributed by atoms with Crippen molar-refractivity contribution < 1.29 is 9.53 Å². The summed E-state index contributed by atoms with van der Waals surface area (Å²) >= 11 is 0. The van der Waals surface area contributed by atoms with Crippen molar-refractivity contribution in [1.29, 1.82) is 0 Å². The van der Waals surface area contributed by atoms with Crippen molar-refractivity contribution in [3.8, 4) is 0 Å². The van der Waals surface area contributed by atoms with E-state index in [2.05, 4.69) is 27.1 Å². The lowest BCUT2D eigenvalue weighted by Gasteiger charge is -2.25. The zero-order chi connectivity index (χ0) is 18.2. The molecule has 142 valence electrons. The van der Waals surface area contributed by atoms with E-state index in [0.29, 0.717) is 6.42 Å². The molecule has 3 rings (SSSR count). The minimum absolute atomic E-state index is 0.0916. The van der Waals surface area contributed by atoms with Crippen LogP contribution >= 0.6 is 0 Å². The second-order valence-electron chi connectivity index (χ2n) is 7.02. The number of rotatable bonds is 9. The van der Waals surface area contributed by atoms with Crippen LogP contribution in [0.25, 0.3) is 11.0 Å². The molecule has 1 aliphatic rings. The summed E-state index contributed by atoms with van der Waals surface area (Å²) < 4.78 is 5.38. The molecule has 1 fully saturated rings. The van der Waals surface area contributed by atoms with E-state index in [-0.39, 0.29) is 5.91 Å². The van der Waals surface area contributed by atoms with Crippen LogP contribution in [0.2, 0.25) is 0 Å². The molecule has 0 radical (unpaired) electrons. The Morgan fingerprint density at radius 2 is 2.04 bits per heavy atom. The van der Waals surface area contributed by atoms with E-state index in [4.69, 9.17) is 4.74 Å². The molecule has 0 unspecified atom stereocenters. The number of unbranched alkanes of at least 4 members (excludes halogenated alkanes) is 4. The molecule has 0 saturated carbocycles. The number of hydrogen-bond donors (Lipinski definition) is 2. The second-order valence-corrected chi connectivity index (χ2v) is 7.02. The van der Waals surface area contributed by atoms with Gasteiger partial charge in [-0.3, -0.25) is 9.69 Å². The molecular formula is C20H30N4O2. The normalized spacial score (nSPS) is 15.4. The van der Waals surface area contributed by atoms with Crippen LogP contribution < -0.4 is 5.32 Å². The molecule has 0 atom stereocenters. The lowest BCUT2D eigenvalue weighted by atomic mass is 10.1. The molecule has 6 nitrogen and oxygen atoms in total. The number of H-pyrrole nitrogens is 1. The standard InChI is InChI=1S/C20H30N4O2/c1-2-3-4-5-6-7-20(25)21-16-8-9-17-18(14-16)23-19(22-17)15-24-10-12-26-13-11-24/h8-9,14H,2-7,10-13,15H2,1H3,(H,21,25)(H,22,23). The summed E-state index contributed by atoms with van der Waals surface area (Å²) in [5.41, 5.74) is 2.73. The fraction of sp³-hybridized carbons (Fsp3) is 0.600. The molecule has 2 N–H and O–H groups in total. The number of nitrogens with zero attached hydrogens (tertiary/aromatic N) is 2. The zero-order valence-corrected chi connectivity index (χ0v) is 15.7. The van der Waals surface area contributed by atoms with Crippen molar-refractivity contribution in [2.24, 2.45) is 0 Å². The highest BCUT2D eigenvalue weighted by atomic mass is 16.5. The van der Waals surface area contributed by atoms with Crippen LogP contribution in [-0.2, 0) is 16.1 Å². The Hall–Kier alpha value is -1.92. The van der Waals surface area contributed by atoms with Gasteiger partial charge in [0.25, 0.3) is 0 Å². The van der Waals surface area contributed by atoms with Gasteiger partial charge < -0.3 is 15.0 Å². The van der Waals surface area contributed by atoms with Crippen molar-refractivity contribution in [2.75, 3.05) is 31.6 Å². The Kier molecular flexibility index (Phi) is 7.03. The van der Waals surface area contributed by atoms with Crippen molar-refractivity contribution in [3.05, 3.63) is 24.0 Å². The number of imidazole rings is 1. The van der Waals surface area contributed by atoms with Gasteiger partial charge in [0.15, 0.2) is 0 Å². The van der Waals surface area contributed by atoms with Crippen LogP contribution in [0.3, 0.4) is 0 Å². The van der Waals surface area contributed by atoms with Gasteiger partial charge in [0, 0.05) is 25.2 Å². The Morgan fingerprint density at radius 1 is 1.23 bits per heavy atom. The number of anilines is 1. The third-order valence-electron chi connectivity index (χ3n) is 4.80. The topological polar surface area (TPSA) is 70.2 Å². The van der Waals surface area contributed by atoms with Crippen LogP contribution in [0.1, 0.15) is 51.3 Å². The number of aromatic nitrogens is 2. The number of aromatic amines is 1. The summed E-state index contributed by atoms with van der Waals surface area (Å²) in [4.78, 5) is 22.5. The van der Waals surface area contributed by atoms with Crippen LogP contribution in [0.15, 0.2) is 18.2 Å². The van der Waals surface area contributed by atoms with Gasteiger partial charge in [-0.05, 0) is 24.6 Å². The highest BCUT2D eigenvalue weighted by Gasteiger charge is 2.13. The van der Waals surface area contributed by atoms with E-state index in [9.17, 15) is 4.79 Å². The fourth-order valence-corrected chi connectivity index (χ4v) is 3.30. The van der Waals surface area contributed by atoms with Gasteiger partial charge in [-0.2, -0.15) is 0 Å². The summed E-state index contributed by atoms with van der Waals surface area (Å²) in [5.74, 6) is 1.05. The second kappa shape index (κ2) is 9.69. The predicted octanol–water partition coefficient (Wildman–Crippen LogP) is 3.69. The monoisotopic (exact) mass is 358 g/mol. The Labute approximate surface area is 155 Å². The van der Waals surface area contributed by atoms with E-state index >= 15 is 0 Å². The van der Waals surface area contributed by atoms with Gasteiger partial charge in [-0.25, -0.2) is 4.98 Å². The maximum atomic E-state index is 12.1. The quantitative estimate of drug-likeness (QED) is 0.671. The largest absolute Gasteiger partial charge is 0.379 e. The molecule has 0 spiro atoms. The van der Waals surface area contributed by atoms with Crippen molar-refractivity contribution in [3.63, 3.8) is 0 Å². The predicted molar refractivity (Wildman–Crippen MR) is 104 cm³/mol. The highest BCUT2D eigenvalue weighted by Crippen LogP contribution is 2.19. The smallest absolute Gasteiger partial charge is 0.224 e. The summed E-state index contributed by atoms with van der Waals surface area (Å²) in [6, 6.07) is 5.86. The van der Waals surface area contributed by atoms with Gasteiger partial charge in [-0.1, -0.05) is 32.6 Å². The van der Waals surface area contributed by atoms with Crippen molar-refractivity contribution >= 4 is 22.6 Å². The van der Waals surface area contributed by atoms with E-state index in [0.717, 1.165) is 68.2 Å². The van der Waals surface area contributed by atoms with E-state index in [1.807, 2.05) is 18.2 Å². The first-order chi connectivity index (χ1) is 12.7. The number of carbonyl (C=O) groups is 1. The molecule has 2 heterocycles. The lowest BCUT2D eigenvalue weighted by Crippen LogP contribution is -2.35. The van der Waals surface area contributed by atoms with Gasteiger partial charge >= 0.3 is 0 Å².